The van der Waals surface area contributed by atoms with Crippen molar-refractivity contribution in [3.8, 4) is 0 Å². The molecule has 4 atom stereocenters. The molecule has 2 aliphatic rings. The summed E-state index contributed by atoms with van der Waals surface area (Å²) in [7, 11) is 0. The molecule has 0 spiro atoms. The summed E-state index contributed by atoms with van der Waals surface area (Å²) in [6.45, 7) is 8.06. The number of hydrogen-bond acceptors (Lipinski definition) is 3. The van der Waals surface area contributed by atoms with Crippen molar-refractivity contribution in [2.75, 3.05) is 26.4 Å². The van der Waals surface area contributed by atoms with E-state index in [9.17, 15) is 0 Å². The van der Waals surface area contributed by atoms with Gasteiger partial charge in [0.05, 0.1) is 25.4 Å². The van der Waals surface area contributed by atoms with Gasteiger partial charge in [0.1, 0.15) is 0 Å². The molecular formula is C14H26O3. The van der Waals surface area contributed by atoms with Crippen LogP contribution in [0.3, 0.4) is 0 Å². The number of hydrogen-bond donors (Lipinski definition) is 0. The Bertz CT molecular complexity index is 194. The van der Waals surface area contributed by atoms with Crippen LogP contribution in [0.1, 0.15) is 39.5 Å². The largest absolute Gasteiger partial charge is 0.381 e. The van der Waals surface area contributed by atoms with Crippen molar-refractivity contribution in [1.29, 1.82) is 0 Å². The lowest BCUT2D eigenvalue weighted by Gasteiger charge is -2.37. The third-order valence-electron chi connectivity index (χ3n) is 4.24. The molecule has 0 amide bonds. The predicted molar refractivity (Wildman–Crippen MR) is 67.1 cm³/mol. The van der Waals surface area contributed by atoms with E-state index in [1.807, 2.05) is 0 Å². The minimum atomic E-state index is 0.461. The summed E-state index contributed by atoms with van der Waals surface area (Å²) in [6, 6.07) is 0. The van der Waals surface area contributed by atoms with Gasteiger partial charge in [0.2, 0.25) is 0 Å². The monoisotopic (exact) mass is 242 g/mol. The molecule has 4 unspecified atom stereocenters. The summed E-state index contributed by atoms with van der Waals surface area (Å²) in [4.78, 5) is 0. The second-order valence-corrected chi connectivity index (χ2v) is 5.27. The lowest BCUT2D eigenvalue weighted by Crippen LogP contribution is -2.40. The molecule has 3 heteroatoms. The van der Waals surface area contributed by atoms with Crippen molar-refractivity contribution < 1.29 is 14.2 Å². The molecule has 100 valence electrons. The normalized spacial score (nSPS) is 36.4. The van der Waals surface area contributed by atoms with Gasteiger partial charge in [-0.3, -0.25) is 0 Å². The molecule has 0 aromatic carbocycles. The molecule has 2 heterocycles. The van der Waals surface area contributed by atoms with Gasteiger partial charge in [-0.2, -0.15) is 0 Å². The minimum Gasteiger partial charge on any atom is -0.381 e. The van der Waals surface area contributed by atoms with Crippen molar-refractivity contribution in [3.05, 3.63) is 0 Å². The Labute approximate surface area is 105 Å². The summed E-state index contributed by atoms with van der Waals surface area (Å²) >= 11 is 0. The molecule has 2 aliphatic heterocycles. The van der Waals surface area contributed by atoms with Gasteiger partial charge in [0, 0.05) is 25.0 Å². The first-order valence-electron chi connectivity index (χ1n) is 7.16. The van der Waals surface area contributed by atoms with Crippen LogP contribution in [0.5, 0.6) is 0 Å². The predicted octanol–water partition coefficient (Wildman–Crippen LogP) is 2.63. The molecule has 2 fully saturated rings. The maximum absolute atomic E-state index is 5.67. The molecule has 0 N–H and O–H groups in total. The van der Waals surface area contributed by atoms with Crippen LogP contribution in [0.25, 0.3) is 0 Å². The van der Waals surface area contributed by atoms with Crippen molar-refractivity contribution in [2.24, 2.45) is 11.8 Å². The molecule has 2 saturated heterocycles. The fourth-order valence-corrected chi connectivity index (χ4v) is 2.64. The Hall–Kier alpha value is -0.120. The molecule has 3 nitrogen and oxygen atoms in total. The zero-order chi connectivity index (χ0) is 12.1. The van der Waals surface area contributed by atoms with Crippen LogP contribution in [0.15, 0.2) is 0 Å². The van der Waals surface area contributed by atoms with E-state index in [4.69, 9.17) is 14.2 Å². The summed E-state index contributed by atoms with van der Waals surface area (Å²) in [5, 5.41) is 0. The molecule has 0 radical (unpaired) electrons. The quantitative estimate of drug-likeness (QED) is 0.612. The maximum atomic E-state index is 5.67. The van der Waals surface area contributed by atoms with Crippen molar-refractivity contribution in [1.82, 2.24) is 0 Å². The van der Waals surface area contributed by atoms with Crippen molar-refractivity contribution >= 4 is 0 Å². The zero-order valence-corrected chi connectivity index (χ0v) is 11.2. The number of ether oxygens (including phenoxy) is 3. The summed E-state index contributed by atoms with van der Waals surface area (Å²) in [5.41, 5.74) is 0. The molecule has 0 bridgehead atoms. The van der Waals surface area contributed by atoms with Gasteiger partial charge in [-0.15, -0.1) is 0 Å². The van der Waals surface area contributed by atoms with Crippen LogP contribution < -0.4 is 0 Å². The van der Waals surface area contributed by atoms with E-state index in [0.29, 0.717) is 12.2 Å². The topological polar surface area (TPSA) is 27.7 Å². The van der Waals surface area contributed by atoms with Crippen molar-refractivity contribution in [3.63, 3.8) is 0 Å². The van der Waals surface area contributed by atoms with E-state index >= 15 is 0 Å². The average Bonchev–Trinajstić information content (AvgIpc) is 2.26. The van der Waals surface area contributed by atoms with Gasteiger partial charge in [0.25, 0.3) is 0 Å². The highest BCUT2D eigenvalue weighted by Gasteiger charge is 2.31. The average molecular weight is 242 g/mol. The van der Waals surface area contributed by atoms with Crippen LogP contribution >= 0.6 is 0 Å². The minimum absolute atomic E-state index is 0.461. The zero-order valence-electron chi connectivity index (χ0n) is 11.2. The van der Waals surface area contributed by atoms with Crippen LogP contribution in [0.4, 0.5) is 0 Å². The van der Waals surface area contributed by atoms with E-state index in [1.54, 1.807) is 0 Å². The lowest BCUT2D eigenvalue weighted by atomic mass is 9.93. The molecule has 17 heavy (non-hydrogen) atoms. The van der Waals surface area contributed by atoms with Gasteiger partial charge in [0.15, 0.2) is 0 Å². The molecule has 0 aromatic rings. The fraction of sp³-hybridized carbons (Fsp3) is 1.00. The molecule has 0 aromatic heterocycles. The van der Waals surface area contributed by atoms with Gasteiger partial charge in [-0.1, -0.05) is 13.8 Å². The van der Waals surface area contributed by atoms with E-state index in [-0.39, 0.29) is 0 Å². The highest BCUT2D eigenvalue weighted by molar-refractivity contribution is 4.78. The Morgan fingerprint density at radius 1 is 0.882 bits per heavy atom. The van der Waals surface area contributed by atoms with Crippen LogP contribution in [0, 0.1) is 11.8 Å². The van der Waals surface area contributed by atoms with Crippen LogP contribution in [-0.2, 0) is 14.2 Å². The maximum Gasteiger partial charge on any atom is 0.0647 e. The Balaban J connectivity index is 1.44. The summed E-state index contributed by atoms with van der Waals surface area (Å²) in [6.07, 6.45) is 5.51. The lowest BCUT2D eigenvalue weighted by molar-refractivity contribution is -0.136. The second-order valence-electron chi connectivity index (χ2n) is 5.27. The second kappa shape index (κ2) is 6.72. The van der Waals surface area contributed by atoms with Crippen LogP contribution in [-0.4, -0.2) is 38.6 Å². The first-order chi connectivity index (χ1) is 8.35. The smallest absolute Gasteiger partial charge is 0.0647 e. The third-order valence-corrected chi connectivity index (χ3v) is 4.24. The van der Waals surface area contributed by atoms with Crippen LogP contribution in [0.2, 0.25) is 0 Å². The van der Waals surface area contributed by atoms with Gasteiger partial charge < -0.3 is 14.2 Å². The van der Waals surface area contributed by atoms with Gasteiger partial charge in [-0.25, -0.2) is 0 Å². The molecule has 0 saturated carbocycles. The Kier molecular flexibility index (Phi) is 5.26. The number of rotatable bonds is 8. The summed E-state index contributed by atoms with van der Waals surface area (Å²) < 4.78 is 16.7. The molecular weight excluding hydrogens is 216 g/mol. The van der Waals surface area contributed by atoms with Gasteiger partial charge in [-0.05, 0) is 25.7 Å². The highest BCUT2D eigenvalue weighted by atomic mass is 16.5. The standard InChI is InChI=1S/C14H26O3/c1-3-11-9-16-13(11)5-7-15-8-6-14-12(4-2)10-17-14/h11-14H,3-10H2,1-2H3. The fourth-order valence-electron chi connectivity index (χ4n) is 2.64. The van der Waals surface area contributed by atoms with E-state index in [0.717, 1.165) is 51.1 Å². The molecule has 2 rings (SSSR count). The first kappa shape index (κ1) is 13.3. The van der Waals surface area contributed by atoms with Crippen molar-refractivity contribution in [2.45, 2.75) is 51.7 Å². The highest BCUT2D eigenvalue weighted by Crippen LogP contribution is 2.27. The SMILES string of the molecule is CCC1COC1CCOCCC1OCC1CC. The van der Waals surface area contributed by atoms with E-state index in [1.165, 1.54) is 12.8 Å². The Morgan fingerprint density at radius 2 is 1.35 bits per heavy atom. The molecule has 0 aliphatic carbocycles. The Morgan fingerprint density at radius 3 is 1.65 bits per heavy atom. The summed E-state index contributed by atoms with van der Waals surface area (Å²) in [5.74, 6) is 1.55. The first-order valence-corrected chi connectivity index (χ1v) is 7.16. The van der Waals surface area contributed by atoms with E-state index in [2.05, 4.69) is 13.8 Å². The van der Waals surface area contributed by atoms with E-state index < -0.39 is 0 Å². The third kappa shape index (κ3) is 3.43. The van der Waals surface area contributed by atoms with Gasteiger partial charge >= 0.3 is 0 Å².